The zero-order valence-corrected chi connectivity index (χ0v) is 12.1. The molecule has 2 aromatic rings. The quantitative estimate of drug-likeness (QED) is 0.841. The third kappa shape index (κ3) is 5.23. The monoisotopic (exact) mass is 296 g/mol. The summed E-state index contributed by atoms with van der Waals surface area (Å²) in [6, 6.07) is 5.68. The SMILES string of the molecule is CC(=O)O.CCOC(=O)Cc1ccc2nc(N)sc2c1. The van der Waals surface area contributed by atoms with E-state index in [1.54, 1.807) is 6.92 Å². The number of nitrogens with two attached hydrogens (primary N) is 1. The van der Waals surface area contributed by atoms with Crippen LogP contribution in [0.2, 0.25) is 0 Å². The first kappa shape index (κ1) is 15.9. The van der Waals surface area contributed by atoms with Crippen LogP contribution < -0.4 is 5.73 Å². The molecule has 0 bridgehead atoms. The zero-order chi connectivity index (χ0) is 15.1. The highest BCUT2D eigenvalue weighted by Gasteiger charge is 2.06. The zero-order valence-electron chi connectivity index (χ0n) is 11.3. The van der Waals surface area contributed by atoms with Crippen LogP contribution in [0, 0.1) is 0 Å². The maximum Gasteiger partial charge on any atom is 0.310 e. The van der Waals surface area contributed by atoms with Crippen molar-refractivity contribution in [1.82, 2.24) is 4.98 Å². The van der Waals surface area contributed by atoms with Gasteiger partial charge in [-0.15, -0.1) is 0 Å². The lowest BCUT2D eigenvalue weighted by molar-refractivity contribution is -0.142. The van der Waals surface area contributed by atoms with Gasteiger partial charge in [-0.05, 0) is 24.6 Å². The molecule has 108 valence electrons. The average Bonchev–Trinajstić information content (AvgIpc) is 2.68. The molecule has 1 heterocycles. The first-order valence-electron chi connectivity index (χ1n) is 5.92. The van der Waals surface area contributed by atoms with Crippen LogP contribution in [0.25, 0.3) is 10.2 Å². The highest BCUT2D eigenvalue weighted by atomic mass is 32.1. The van der Waals surface area contributed by atoms with Crippen LogP contribution in [0.1, 0.15) is 19.4 Å². The summed E-state index contributed by atoms with van der Waals surface area (Å²) in [5.41, 5.74) is 7.40. The number of aromatic nitrogens is 1. The topological polar surface area (TPSA) is 103 Å². The molecule has 0 amide bonds. The molecule has 2 rings (SSSR count). The van der Waals surface area contributed by atoms with Gasteiger partial charge in [-0.2, -0.15) is 0 Å². The standard InChI is InChI=1S/C11H12N2O2S.C2H4O2/c1-2-15-10(14)6-7-3-4-8-9(5-7)16-11(12)13-8;1-2(3)4/h3-5H,2,6H2,1H3,(H2,12,13);1H3,(H,3,4). The molecular formula is C13H16N2O4S. The minimum atomic E-state index is -0.833. The maximum absolute atomic E-state index is 11.3. The van der Waals surface area contributed by atoms with Gasteiger partial charge in [-0.1, -0.05) is 17.4 Å². The van der Waals surface area contributed by atoms with Crippen LogP contribution in [-0.2, 0) is 20.7 Å². The number of carbonyl (C=O) groups excluding carboxylic acids is 1. The molecule has 7 heteroatoms. The molecule has 0 radical (unpaired) electrons. The molecule has 0 fully saturated rings. The second-order valence-corrected chi connectivity index (χ2v) is 4.92. The number of fused-ring (bicyclic) bond motifs is 1. The Bertz CT molecular complexity index is 605. The van der Waals surface area contributed by atoms with Crippen LogP contribution in [0.5, 0.6) is 0 Å². The van der Waals surface area contributed by atoms with Crippen molar-refractivity contribution in [2.24, 2.45) is 0 Å². The van der Waals surface area contributed by atoms with E-state index in [0.717, 1.165) is 22.7 Å². The number of ether oxygens (including phenoxy) is 1. The Kier molecular flexibility index (Phi) is 5.92. The number of hydrogen-bond acceptors (Lipinski definition) is 6. The Morgan fingerprint density at radius 3 is 2.70 bits per heavy atom. The fourth-order valence-electron chi connectivity index (χ4n) is 1.48. The Morgan fingerprint density at radius 2 is 2.10 bits per heavy atom. The first-order chi connectivity index (χ1) is 9.42. The van der Waals surface area contributed by atoms with Crippen LogP contribution >= 0.6 is 11.3 Å². The fraction of sp³-hybridized carbons (Fsp3) is 0.308. The molecule has 0 aliphatic rings. The summed E-state index contributed by atoms with van der Waals surface area (Å²) < 4.78 is 5.89. The van der Waals surface area contributed by atoms with Gasteiger partial charge in [0.15, 0.2) is 5.13 Å². The fourth-order valence-corrected chi connectivity index (χ4v) is 2.27. The van der Waals surface area contributed by atoms with Crippen molar-refractivity contribution >= 4 is 38.6 Å². The van der Waals surface area contributed by atoms with E-state index in [1.165, 1.54) is 11.3 Å². The number of benzene rings is 1. The normalized spacial score (nSPS) is 9.70. The number of nitrogen functional groups attached to an aromatic ring is 1. The summed E-state index contributed by atoms with van der Waals surface area (Å²) in [4.78, 5) is 24.4. The van der Waals surface area contributed by atoms with Crippen molar-refractivity contribution in [2.45, 2.75) is 20.3 Å². The smallest absolute Gasteiger partial charge is 0.310 e. The largest absolute Gasteiger partial charge is 0.481 e. The molecule has 0 aliphatic heterocycles. The molecule has 6 nitrogen and oxygen atoms in total. The van der Waals surface area contributed by atoms with Crippen LogP contribution in [0.4, 0.5) is 5.13 Å². The minimum absolute atomic E-state index is 0.209. The molecule has 0 unspecified atom stereocenters. The van der Waals surface area contributed by atoms with Crippen molar-refractivity contribution in [2.75, 3.05) is 12.3 Å². The molecule has 1 aromatic heterocycles. The first-order valence-corrected chi connectivity index (χ1v) is 6.74. The predicted octanol–water partition coefficient (Wildman–Crippen LogP) is 2.07. The second kappa shape index (κ2) is 7.44. The van der Waals surface area contributed by atoms with Gasteiger partial charge in [0.25, 0.3) is 5.97 Å². The number of esters is 1. The van der Waals surface area contributed by atoms with E-state index in [1.807, 2.05) is 18.2 Å². The molecule has 0 spiro atoms. The van der Waals surface area contributed by atoms with E-state index in [9.17, 15) is 4.79 Å². The van der Waals surface area contributed by atoms with Crippen LogP contribution in [-0.4, -0.2) is 28.6 Å². The summed E-state index contributed by atoms with van der Waals surface area (Å²) in [6.45, 7) is 3.29. The highest BCUT2D eigenvalue weighted by molar-refractivity contribution is 7.22. The second-order valence-electron chi connectivity index (χ2n) is 3.85. The van der Waals surface area contributed by atoms with Gasteiger partial charge in [0, 0.05) is 6.92 Å². The number of nitrogens with zero attached hydrogens (tertiary/aromatic N) is 1. The van der Waals surface area contributed by atoms with E-state index in [2.05, 4.69) is 4.98 Å². The lowest BCUT2D eigenvalue weighted by Gasteiger charge is -2.01. The number of carbonyl (C=O) groups is 2. The number of rotatable bonds is 3. The summed E-state index contributed by atoms with van der Waals surface area (Å²) in [6.07, 6.45) is 0.293. The molecule has 1 aromatic carbocycles. The van der Waals surface area contributed by atoms with Crippen molar-refractivity contribution in [3.05, 3.63) is 23.8 Å². The van der Waals surface area contributed by atoms with Gasteiger partial charge in [0.1, 0.15) is 0 Å². The molecule has 0 saturated heterocycles. The van der Waals surface area contributed by atoms with Gasteiger partial charge in [-0.25, -0.2) is 4.98 Å². The third-order valence-electron chi connectivity index (χ3n) is 2.12. The number of carboxylic acid groups (broad SMARTS) is 1. The van der Waals surface area contributed by atoms with Crippen molar-refractivity contribution in [1.29, 1.82) is 0 Å². The lowest BCUT2D eigenvalue weighted by atomic mass is 10.1. The Labute approximate surface area is 120 Å². The van der Waals surface area contributed by atoms with Crippen molar-refractivity contribution in [3.63, 3.8) is 0 Å². The van der Waals surface area contributed by atoms with E-state index >= 15 is 0 Å². The maximum atomic E-state index is 11.3. The molecular weight excluding hydrogens is 280 g/mol. The molecule has 20 heavy (non-hydrogen) atoms. The summed E-state index contributed by atoms with van der Waals surface area (Å²) in [7, 11) is 0. The lowest BCUT2D eigenvalue weighted by Crippen LogP contribution is -2.07. The number of thiazole rings is 1. The van der Waals surface area contributed by atoms with Gasteiger partial charge in [0.2, 0.25) is 0 Å². The van der Waals surface area contributed by atoms with Crippen LogP contribution in [0.3, 0.4) is 0 Å². The van der Waals surface area contributed by atoms with Gasteiger partial charge < -0.3 is 15.6 Å². The van der Waals surface area contributed by atoms with Crippen molar-refractivity contribution in [3.8, 4) is 0 Å². The van der Waals surface area contributed by atoms with Gasteiger partial charge in [0.05, 0.1) is 23.2 Å². The van der Waals surface area contributed by atoms with E-state index < -0.39 is 5.97 Å². The third-order valence-corrected chi connectivity index (χ3v) is 2.97. The number of carboxylic acids is 1. The number of hydrogen-bond donors (Lipinski definition) is 2. The number of anilines is 1. The van der Waals surface area contributed by atoms with Gasteiger partial charge in [-0.3, -0.25) is 9.59 Å². The Morgan fingerprint density at radius 1 is 1.45 bits per heavy atom. The van der Waals surface area contributed by atoms with Gasteiger partial charge >= 0.3 is 5.97 Å². The highest BCUT2D eigenvalue weighted by Crippen LogP contribution is 2.24. The van der Waals surface area contributed by atoms with E-state index in [0.29, 0.717) is 18.2 Å². The summed E-state index contributed by atoms with van der Waals surface area (Å²) in [5.74, 6) is -1.04. The molecule has 0 saturated carbocycles. The van der Waals surface area contributed by atoms with E-state index in [4.69, 9.17) is 20.4 Å². The Balaban J connectivity index is 0.000000444. The number of aliphatic carboxylic acids is 1. The molecule has 0 atom stereocenters. The Hall–Kier alpha value is -2.15. The molecule has 0 aliphatic carbocycles. The van der Waals surface area contributed by atoms with E-state index in [-0.39, 0.29) is 5.97 Å². The van der Waals surface area contributed by atoms with Crippen molar-refractivity contribution < 1.29 is 19.4 Å². The predicted molar refractivity (Wildman–Crippen MR) is 77.7 cm³/mol. The average molecular weight is 296 g/mol. The minimum Gasteiger partial charge on any atom is -0.481 e. The van der Waals surface area contributed by atoms with Crippen LogP contribution in [0.15, 0.2) is 18.2 Å². The summed E-state index contributed by atoms with van der Waals surface area (Å²) in [5, 5.41) is 7.96. The molecule has 3 N–H and O–H groups in total. The summed E-state index contributed by atoms with van der Waals surface area (Å²) >= 11 is 1.42.